The van der Waals surface area contributed by atoms with E-state index in [0.717, 1.165) is 0 Å². The summed E-state index contributed by atoms with van der Waals surface area (Å²) >= 11 is 1.51. The van der Waals surface area contributed by atoms with E-state index in [0.29, 0.717) is 29.5 Å². The average Bonchev–Trinajstić information content (AvgIpc) is 2.38. The third kappa shape index (κ3) is 7.28. The zero-order chi connectivity index (χ0) is 14.8. The van der Waals surface area contributed by atoms with Crippen LogP contribution in [0.4, 0.5) is 5.69 Å². The van der Waals surface area contributed by atoms with Crippen LogP contribution in [0.25, 0.3) is 0 Å². The van der Waals surface area contributed by atoms with Crippen LogP contribution in [-0.2, 0) is 10.0 Å². The van der Waals surface area contributed by atoms with Crippen molar-refractivity contribution in [3.8, 4) is 18.1 Å². The maximum Gasteiger partial charge on any atom is 0.214 e. The van der Waals surface area contributed by atoms with E-state index in [-0.39, 0.29) is 12.4 Å². The number of hydrogen-bond donors (Lipinski definition) is 2. The van der Waals surface area contributed by atoms with E-state index in [4.69, 9.17) is 16.9 Å². The second-order valence-electron chi connectivity index (χ2n) is 3.89. The Morgan fingerprint density at radius 2 is 2.25 bits per heavy atom. The topological polar surface area (TPSA) is 81.4 Å². The Labute approximate surface area is 124 Å². The maximum absolute atomic E-state index is 11.7. The van der Waals surface area contributed by atoms with Crippen LogP contribution < -0.4 is 15.2 Å². The van der Waals surface area contributed by atoms with Crippen molar-refractivity contribution < 1.29 is 13.2 Å². The molecule has 20 heavy (non-hydrogen) atoms. The minimum absolute atomic E-state index is 0.0796. The highest BCUT2D eigenvalue weighted by molar-refractivity contribution is 7.99. The van der Waals surface area contributed by atoms with Crippen LogP contribution in [0.2, 0.25) is 0 Å². The minimum Gasteiger partial charge on any atom is -0.492 e. The molecule has 0 aliphatic heterocycles. The molecule has 1 rings (SSSR count). The zero-order valence-electron chi connectivity index (χ0n) is 11.0. The number of hydrogen-bond acceptors (Lipinski definition) is 5. The highest BCUT2D eigenvalue weighted by Crippen LogP contribution is 2.14. The quantitative estimate of drug-likeness (QED) is 0.403. The predicted octanol–water partition coefficient (Wildman–Crippen LogP) is 0.933. The van der Waals surface area contributed by atoms with Gasteiger partial charge in [0.05, 0.1) is 11.5 Å². The van der Waals surface area contributed by atoms with Crippen molar-refractivity contribution in [1.29, 1.82) is 0 Å². The Morgan fingerprint density at radius 3 is 2.95 bits per heavy atom. The molecule has 1 aromatic rings. The van der Waals surface area contributed by atoms with Gasteiger partial charge in [-0.05, 0) is 12.1 Å². The number of nitrogens with two attached hydrogens (primary N) is 1. The summed E-state index contributed by atoms with van der Waals surface area (Å²) in [4.78, 5) is 0. The number of benzene rings is 1. The van der Waals surface area contributed by atoms with Gasteiger partial charge in [0.2, 0.25) is 10.0 Å². The molecule has 0 heterocycles. The van der Waals surface area contributed by atoms with Gasteiger partial charge in [-0.3, -0.25) is 0 Å². The summed E-state index contributed by atoms with van der Waals surface area (Å²) in [6.45, 7) is 0.448. The Kier molecular flexibility index (Phi) is 7.30. The first kappa shape index (κ1) is 16.7. The van der Waals surface area contributed by atoms with Gasteiger partial charge in [0.1, 0.15) is 12.4 Å². The normalized spacial score (nSPS) is 10.9. The van der Waals surface area contributed by atoms with Gasteiger partial charge >= 0.3 is 0 Å². The van der Waals surface area contributed by atoms with E-state index in [1.807, 2.05) is 0 Å². The largest absolute Gasteiger partial charge is 0.492 e. The third-order valence-corrected chi connectivity index (χ3v) is 4.44. The molecule has 3 N–H and O–H groups in total. The summed E-state index contributed by atoms with van der Waals surface area (Å²) in [6.07, 6.45) is 5.09. The van der Waals surface area contributed by atoms with Gasteiger partial charge in [0.15, 0.2) is 0 Å². The van der Waals surface area contributed by atoms with Gasteiger partial charge in [0, 0.05) is 24.1 Å². The highest BCUT2D eigenvalue weighted by Gasteiger charge is 2.09. The average molecular weight is 314 g/mol. The molecule has 0 radical (unpaired) electrons. The standard InChI is InChI=1S/C13H18N2O3S2/c1-2-8-19-9-6-15-20(16,17)10-7-18-13-5-3-4-12(14)11-13/h1,3-5,11,15H,6-10,14H2. The van der Waals surface area contributed by atoms with Crippen molar-refractivity contribution in [3.05, 3.63) is 24.3 Å². The zero-order valence-corrected chi connectivity index (χ0v) is 12.7. The van der Waals surface area contributed by atoms with Gasteiger partial charge in [-0.1, -0.05) is 12.0 Å². The van der Waals surface area contributed by atoms with Crippen LogP contribution in [0.15, 0.2) is 24.3 Å². The lowest BCUT2D eigenvalue weighted by atomic mass is 10.3. The van der Waals surface area contributed by atoms with E-state index < -0.39 is 10.0 Å². The fourth-order valence-electron chi connectivity index (χ4n) is 1.35. The molecule has 0 bridgehead atoms. The van der Waals surface area contributed by atoms with Gasteiger partial charge < -0.3 is 10.5 Å². The van der Waals surface area contributed by atoms with E-state index >= 15 is 0 Å². The molecule has 0 aliphatic rings. The number of terminal acetylenes is 1. The minimum atomic E-state index is -3.32. The summed E-state index contributed by atoms with van der Waals surface area (Å²) < 4.78 is 31.1. The fraction of sp³-hybridized carbons (Fsp3) is 0.385. The van der Waals surface area contributed by atoms with Crippen LogP contribution in [0, 0.1) is 12.3 Å². The Balaban J connectivity index is 2.24. The highest BCUT2D eigenvalue weighted by atomic mass is 32.2. The lowest BCUT2D eigenvalue weighted by molar-refractivity contribution is 0.340. The van der Waals surface area contributed by atoms with E-state index in [2.05, 4.69) is 10.6 Å². The Morgan fingerprint density at radius 1 is 1.45 bits per heavy atom. The van der Waals surface area contributed by atoms with Crippen molar-refractivity contribution >= 4 is 27.5 Å². The number of nitrogen functional groups attached to an aromatic ring is 1. The third-order valence-electron chi connectivity index (χ3n) is 2.23. The number of anilines is 1. The molecule has 0 saturated heterocycles. The first-order valence-electron chi connectivity index (χ1n) is 6.00. The Bertz CT molecular complexity index is 553. The molecule has 110 valence electrons. The van der Waals surface area contributed by atoms with Gasteiger partial charge in [-0.2, -0.15) is 0 Å². The fourth-order valence-corrected chi connectivity index (χ4v) is 2.84. The van der Waals surface area contributed by atoms with E-state index in [1.165, 1.54) is 11.8 Å². The number of rotatable bonds is 9. The van der Waals surface area contributed by atoms with Crippen molar-refractivity contribution in [2.45, 2.75) is 0 Å². The molecule has 0 unspecified atom stereocenters. The molecule has 0 spiro atoms. The smallest absolute Gasteiger partial charge is 0.214 e. The number of thioether (sulfide) groups is 1. The molecular weight excluding hydrogens is 296 g/mol. The molecule has 0 aliphatic carbocycles. The summed E-state index contributed by atoms with van der Waals surface area (Å²) in [6, 6.07) is 6.86. The monoisotopic (exact) mass is 314 g/mol. The van der Waals surface area contributed by atoms with Crippen LogP contribution >= 0.6 is 11.8 Å². The molecule has 5 nitrogen and oxygen atoms in total. The summed E-state index contributed by atoms with van der Waals surface area (Å²) in [7, 11) is -3.32. The Hall–Kier alpha value is -1.36. The maximum atomic E-state index is 11.7. The van der Waals surface area contributed by atoms with Crippen molar-refractivity contribution in [2.24, 2.45) is 0 Å². The lowest BCUT2D eigenvalue weighted by Gasteiger charge is -2.08. The first-order chi connectivity index (χ1) is 9.53. The SMILES string of the molecule is C#CCSCCNS(=O)(=O)CCOc1cccc(N)c1. The van der Waals surface area contributed by atoms with Gasteiger partial charge in [-0.15, -0.1) is 18.2 Å². The van der Waals surface area contributed by atoms with Crippen molar-refractivity contribution in [2.75, 3.05) is 36.1 Å². The first-order valence-corrected chi connectivity index (χ1v) is 8.81. The van der Waals surface area contributed by atoms with Crippen LogP contribution in [0.1, 0.15) is 0 Å². The number of nitrogens with one attached hydrogen (secondary N) is 1. The molecular formula is C13H18N2O3S2. The van der Waals surface area contributed by atoms with Crippen LogP contribution in [0.5, 0.6) is 5.75 Å². The van der Waals surface area contributed by atoms with Crippen LogP contribution in [0.3, 0.4) is 0 Å². The molecule has 0 amide bonds. The summed E-state index contributed by atoms with van der Waals surface area (Å²) in [5.74, 6) is 4.18. The summed E-state index contributed by atoms with van der Waals surface area (Å²) in [5.41, 5.74) is 6.17. The second kappa shape index (κ2) is 8.74. The predicted molar refractivity (Wildman–Crippen MR) is 84.3 cm³/mol. The molecule has 0 aromatic heterocycles. The molecule has 0 atom stereocenters. The van der Waals surface area contributed by atoms with Crippen LogP contribution in [-0.4, -0.2) is 38.8 Å². The van der Waals surface area contributed by atoms with E-state index in [1.54, 1.807) is 24.3 Å². The summed E-state index contributed by atoms with van der Waals surface area (Å²) in [5, 5.41) is 0. The molecule has 0 saturated carbocycles. The molecule has 7 heteroatoms. The van der Waals surface area contributed by atoms with E-state index in [9.17, 15) is 8.42 Å². The van der Waals surface area contributed by atoms with Gasteiger partial charge in [-0.25, -0.2) is 13.1 Å². The number of ether oxygens (including phenoxy) is 1. The lowest BCUT2D eigenvalue weighted by Crippen LogP contribution is -2.30. The molecule has 0 fully saturated rings. The second-order valence-corrected chi connectivity index (χ2v) is 6.92. The van der Waals surface area contributed by atoms with Gasteiger partial charge in [0.25, 0.3) is 0 Å². The number of sulfonamides is 1. The van der Waals surface area contributed by atoms with Crippen molar-refractivity contribution in [3.63, 3.8) is 0 Å². The molecule has 1 aromatic carbocycles. The van der Waals surface area contributed by atoms with Crippen molar-refractivity contribution in [1.82, 2.24) is 4.72 Å².